The maximum Gasteiger partial charge on any atom is 0.239 e. The summed E-state index contributed by atoms with van der Waals surface area (Å²) in [5.41, 5.74) is 0. The molecule has 1 amide bonds. The number of sulfone groups is 1. The smallest absolute Gasteiger partial charge is 0.239 e. The van der Waals surface area contributed by atoms with Crippen molar-refractivity contribution in [2.75, 3.05) is 18.1 Å². The highest BCUT2D eigenvalue weighted by Gasteiger charge is 2.38. The Labute approximate surface area is 118 Å². The predicted octanol–water partition coefficient (Wildman–Crippen LogP) is 1.98. The van der Waals surface area contributed by atoms with Gasteiger partial charge in [0.25, 0.3) is 0 Å². The van der Waals surface area contributed by atoms with Gasteiger partial charge in [0.1, 0.15) is 0 Å². The average molecular weight is 340 g/mol. The van der Waals surface area contributed by atoms with Gasteiger partial charge in [0.05, 0.1) is 15.8 Å². The number of hydrogen-bond donors (Lipinski definition) is 0. The van der Waals surface area contributed by atoms with E-state index in [9.17, 15) is 13.2 Å². The molecule has 6 heteroatoms. The summed E-state index contributed by atoms with van der Waals surface area (Å²) in [6.45, 7) is 6.31. The Morgan fingerprint density at radius 2 is 2.06 bits per heavy atom. The summed E-state index contributed by atoms with van der Waals surface area (Å²) in [6.07, 6.45) is 2.47. The Bertz CT molecular complexity index is 400. The zero-order chi connectivity index (χ0) is 14.0. The van der Waals surface area contributed by atoms with Gasteiger partial charge in [-0.15, -0.1) is 0 Å². The number of unbranched alkanes of at least 4 members (excludes halogenated alkanes) is 1. The van der Waals surface area contributed by atoms with Crippen LogP contribution in [-0.4, -0.2) is 47.6 Å². The summed E-state index contributed by atoms with van der Waals surface area (Å²) in [7, 11) is -2.95. The highest BCUT2D eigenvalue weighted by molar-refractivity contribution is 9.10. The zero-order valence-corrected chi connectivity index (χ0v) is 13.7. The van der Waals surface area contributed by atoms with Crippen LogP contribution >= 0.6 is 15.9 Å². The second-order valence-corrected chi connectivity index (χ2v) is 9.59. The minimum absolute atomic E-state index is 0.0157. The summed E-state index contributed by atoms with van der Waals surface area (Å²) in [4.78, 5) is 14.1. The summed E-state index contributed by atoms with van der Waals surface area (Å²) >= 11 is 3.37. The van der Waals surface area contributed by atoms with Crippen LogP contribution in [0, 0.1) is 0 Å². The van der Waals surface area contributed by atoms with Gasteiger partial charge in [-0.3, -0.25) is 4.79 Å². The Morgan fingerprint density at radius 3 is 2.44 bits per heavy atom. The number of rotatable bonds is 5. The Hall–Kier alpha value is -0.100. The van der Waals surface area contributed by atoms with Gasteiger partial charge in [-0.1, -0.05) is 29.3 Å². The van der Waals surface area contributed by atoms with Crippen molar-refractivity contribution >= 4 is 31.7 Å². The third-order valence-electron chi connectivity index (χ3n) is 3.17. The Balaban J connectivity index is 2.82. The van der Waals surface area contributed by atoms with Crippen molar-refractivity contribution in [2.24, 2.45) is 0 Å². The van der Waals surface area contributed by atoms with Crippen LogP contribution in [0.25, 0.3) is 0 Å². The Kier molecular flexibility index (Phi) is 5.23. The fraction of sp³-hybridized carbons (Fsp3) is 0.917. The van der Waals surface area contributed by atoms with Gasteiger partial charge in [0.2, 0.25) is 5.91 Å². The molecule has 1 unspecified atom stereocenters. The van der Waals surface area contributed by atoms with E-state index in [1.807, 2.05) is 0 Å². The van der Waals surface area contributed by atoms with Gasteiger partial charge in [-0.25, -0.2) is 8.42 Å². The van der Waals surface area contributed by atoms with Crippen molar-refractivity contribution in [1.29, 1.82) is 0 Å². The fourth-order valence-corrected chi connectivity index (χ4v) is 4.10. The van der Waals surface area contributed by atoms with E-state index < -0.39 is 14.2 Å². The Morgan fingerprint density at radius 1 is 1.44 bits per heavy atom. The molecule has 1 atom stereocenters. The van der Waals surface area contributed by atoms with Gasteiger partial charge in [-0.2, -0.15) is 0 Å². The molecule has 0 spiro atoms. The molecular weight excluding hydrogens is 318 g/mol. The molecule has 4 nitrogen and oxygen atoms in total. The molecule has 106 valence electrons. The second-order valence-electron chi connectivity index (χ2n) is 5.38. The van der Waals surface area contributed by atoms with Crippen molar-refractivity contribution in [3.8, 4) is 0 Å². The average Bonchev–Trinajstić information content (AvgIpc) is 2.58. The minimum Gasteiger partial charge on any atom is -0.337 e. The molecule has 0 aromatic carbocycles. The normalized spacial score (nSPS) is 23.0. The first-order chi connectivity index (χ1) is 8.17. The summed E-state index contributed by atoms with van der Waals surface area (Å²) in [5.74, 6) is 0.306. The van der Waals surface area contributed by atoms with E-state index in [2.05, 4.69) is 22.9 Å². The highest BCUT2D eigenvalue weighted by Crippen LogP contribution is 2.25. The lowest BCUT2D eigenvalue weighted by atomic mass is 10.1. The number of nitrogens with zero attached hydrogens (tertiary/aromatic N) is 1. The minimum atomic E-state index is -2.95. The van der Waals surface area contributed by atoms with Crippen LogP contribution in [0.1, 0.15) is 40.0 Å². The lowest BCUT2D eigenvalue weighted by Gasteiger charge is -2.32. The van der Waals surface area contributed by atoms with Crippen LogP contribution in [0.2, 0.25) is 0 Å². The standard InChI is InChI=1S/C12H22BrNO3S/c1-4-5-7-14(11(15)12(2,3)13)10-6-8-18(16,17)9-10/h10H,4-9H2,1-3H3. The zero-order valence-electron chi connectivity index (χ0n) is 11.3. The highest BCUT2D eigenvalue weighted by atomic mass is 79.9. The predicted molar refractivity (Wildman–Crippen MR) is 76.7 cm³/mol. The molecule has 1 fully saturated rings. The van der Waals surface area contributed by atoms with Gasteiger partial charge < -0.3 is 4.90 Å². The van der Waals surface area contributed by atoms with Gasteiger partial charge in [-0.05, 0) is 26.7 Å². The van der Waals surface area contributed by atoms with Crippen molar-refractivity contribution in [3.63, 3.8) is 0 Å². The topological polar surface area (TPSA) is 54.5 Å². The number of amides is 1. The van der Waals surface area contributed by atoms with E-state index in [4.69, 9.17) is 0 Å². The summed E-state index contributed by atoms with van der Waals surface area (Å²) in [5, 5.41) is 0. The molecule has 18 heavy (non-hydrogen) atoms. The van der Waals surface area contributed by atoms with E-state index in [-0.39, 0.29) is 23.5 Å². The van der Waals surface area contributed by atoms with Crippen LogP contribution in [0.3, 0.4) is 0 Å². The van der Waals surface area contributed by atoms with Crippen LogP contribution < -0.4 is 0 Å². The van der Waals surface area contributed by atoms with Crippen LogP contribution in [0.4, 0.5) is 0 Å². The van der Waals surface area contributed by atoms with E-state index in [0.29, 0.717) is 13.0 Å². The van der Waals surface area contributed by atoms with Gasteiger partial charge in [0.15, 0.2) is 9.84 Å². The number of halogens is 1. The lowest BCUT2D eigenvalue weighted by Crippen LogP contribution is -2.48. The van der Waals surface area contributed by atoms with Crippen molar-refractivity contribution in [2.45, 2.75) is 50.4 Å². The molecule has 0 aromatic heterocycles. The number of alkyl halides is 1. The van der Waals surface area contributed by atoms with Crippen molar-refractivity contribution < 1.29 is 13.2 Å². The molecule has 0 bridgehead atoms. The molecule has 0 N–H and O–H groups in total. The van der Waals surface area contributed by atoms with Crippen molar-refractivity contribution in [3.05, 3.63) is 0 Å². The number of carbonyl (C=O) groups excluding carboxylic acids is 1. The summed E-state index contributed by atoms with van der Waals surface area (Å²) in [6, 6.07) is -0.147. The largest absolute Gasteiger partial charge is 0.337 e. The van der Waals surface area contributed by atoms with Crippen LogP contribution in [-0.2, 0) is 14.6 Å². The molecular formula is C12H22BrNO3S. The third-order valence-corrected chi connectivity index (χ3v) is 5.26. The number of hydrogen-bond acceptors (Lipinski definition) is 3. The summed E-state index contributed by atoms with van der Waals surface area (Å²) < 4.78 is 22.5. The molecule has 0 aromatic rings. The molecule has 0 radical (unpaired) electrons. The molecule has 0 saturated carbocycles. The number of carbonyl (C=O) groups is 1. The lowest BCUT2D eigenvalue weighted by molar-refractivity contribution is -0.134. The molecule has 1 aliphatic rings. The van der Waals surface area contributed by atoms with Gasteiger partial charge >= 0.3 is 0 Å². The molecule has 1 aliphatic heterocycles. The van der Waals surface area contributed by atoms with E-state index in [1.165, 1.54) is 0 Å². The fourth-order valence-electron chi connectivity index (χ4n) is 2.14. The van der Waals surface area contributed by atoms with E-state index in [1.54, 1.807) is 18.7 Å². The molecule has 1 rings (SSSR count). The molecule has 1 saturated heterocycles. The van der Waals surface area contributed by atoms with Crippen molar-refractivity contribution in [1.82, 2.24) is 4.90 Å². The van der Waals surface area contributed by atoms with E-state index in [0.717, 1.165) is 12.8 Å². The second kappa shape index (κ2) is 5.90. The molecule has 0 aliphatic carbocycles. The first-order valence-corrected chi connectivity index (χ1v) is 8.99. The maximum absolute atomic E-state index is 12.4. The monoisotopic (exact) mass is 339 g/mol. The molecule has 1 heterocycles. The van der Waals surface area contributed by atoms with Crippen LogP contribution in [0.15, 0.2) is 0 Å². The third kappa shape index (κ3) is 4.23. The first kappa shape index (κ1) is 16.0. The van der Waals surface area contributed by atoms with Crippen LogP contribution in [0.5, 0.6) is 0 Å². The quantitative estimate of drug-likeness (QED) is 0.719. The first-order valence-electron chi connectivity index (χ1n) is 6.38. The van der Waals surface area contributed by atoms with E-state index >= 15 is 0 Å². The van der Waals surface area contributed by atoms with Gasteiger partial charge in [0, 0.05) is 12.6 Å². The SMILES string of the molecule is CCCCN(C(=O)C(C)(C)Br)C1CCS(=O)(=O)C1. The maximum atomic E-state index is 12.4.